The Morgan fingerprint density at radius 3 is 2.71 bits per heavy atom. The minimum Gasteiger partial charge on any atom is -0.287 e. The highest BCUT2D eigenvalue weighted by Crippen LogP contribution is 2.10. The fourth-order valence-electron chi connectivity index (χ4n) is 1.55. The lowest BCUT2D eigenvalue weighted by molar-refractivity contribution is 0.103. The molecule has 0 unspecified atom stereocenters. The van der Waals surface area contributed by atoms with Gasteiger partial charge in [-0.1, -0.05) is 18.2 Å². The van der Waals surface area contributed by atoms with Gasteiger partial charge in [0, 0.05) is 11.3 Å². The maximum absolute atomic E-state index is 12.1. The van der Waals surface area contributed by atoms with Crippen LogP contribution in [0.2, 0.25) is 0 Å². The first kappa shape index (κ1) is 11.0. The molecule has 3 nitrogen and oxygen atoms in total. The SMILES string of the molecule is Cc1cccc(C(=O)c2cccc(C#N)c2)n1. The summed E-state index contributed by atoms with van der Waals surface area (Å²) in [5, 5.41) is 8.78. The van der Waals surface area contributed by atoms with E-state index in [2.05, 4.69) is 4.98 Å². The number of nitrogens with zero attached hydrogens (tertiary/aromatic N) is 2. The van der Waals surface area contributed by atoms with E-state index in [9.17, 15) is 4.79 Å². The number of hydrogen-bond donors (Lipinski definition) is 0. The molecule has 82 valence electrons. The van der Waals surface area contributed by atoms with Crippen LogP contribution in [0.25, 0.3) is 0 Å². The van der Waals surface area contributed by atoms with Crippen molar-refractivity contribution in [1.29, 1.82) is 5.26 Å². The molecule has 0 aliphatic heterocycles. The van der Waals surface area contributed by atoms with Crippen LogP contribution in [0.4, 0.5) is 0 Å². The van der Waals surface area contributed by atoms with Gasteiger partial charge in [0.25, 0.3) is 0 Å². The van der Waals surface area contributed by atoms with Crippen LogP contribution in [0.15, 0.2) is 42.5 Å². The molecule has 0 aliphatic carbocycles. The Labute approximate surface area is 99.4 Å². The summed E-state index contributed by atoms with van der Waals surface area (Å²) in [7, 11) is 0. The number of aryl methyl sites for hydroxylation is 1. The second-order valence-electron chi connectivity index (χ2n) is 3.69. The Kier molecular flexibility index (Phi) is 2.97. The van der Waals surface area contributed by atoms with Crippen molar-refractivity contribution >= 4 is 5.78 Å². The summed E-state index contributed by atoms with van der Waals surface area (Å²) in [6.07, 6.45) is 0. The van der Waals surface area contributed by atoms with Gasteiger partial charge in [-0.15, -0.1) is 0 Å². The molecular weight excluding hydrogens is 212 g/mol. The highest BCUT2D eigenvalue weighted by atomic mass is 16.1. The van der Waals surface area contributed by atoms with Gasteiger partial charge < -0.3 is 0 Å². The van der Waals surface area contributed by atoms with Gasteiger partial charge in [0.2, 0.25) is 5.78 Å². The van der Waals surface area contributed by atoms with E-state index in [0.717, 1.165) is 5.69 Å². The van der Waals surface area contributed by atoms with Crippen LogP contribution in [0.3, 0.4) is 0 Å². The molecule has 0 fully saturated rings. The predicted octanol–water partition coefficient (Wildman–Crippen LogP) is 2.49. The van der Waals surface area contributed by atoms with Crippen molar-refractivity contribution in [1.82, 2.24) is 4.98 Å². The molecule has 0 atom stereocenters. The number of aromatic nitrogens is 1. The summed E-state index contributed by atoms with van der Waals surface area (Å²) in [6.45, 7) is 1.84. The van der Waals surface area contributed by atoms with Crippen LogP contribution < -0.4 is 0 Å². The van der Waals surface area contributed by atoms with Gasteiger partial charge in [-0.2, -0.15) is 5.26 Å². The molecule has 0 saturated carbocycles. The van der Waals surface area contributed by atoms with Gasteiger partial charge in [0.1, 0.15) is 5.69 Å². The lowest BCUT2D eigenvalue weighted by Crippen LogP contribution is -2.04. The zero-order chi connectivity index (χ0) is 12.3. The number of hydrogen-bond acceptors (Lipinski definition) is 3. The number of rotatable bonds is 2. The Bertz CT molecular complexity index is 612. The molecule has 2 aromatic rings. The van der Waals surface area contributed by atoms with Crippen molar-refractivity contribution in [2.45, 2.75) is 6.92 Å². The summed E-state index contributed by atoms with van der Waals surface area (Å²) < 4.78 is 0. The summed E-state index contributed by atoms with van der Waals surface area (Å²) in [6, 6.07) is 13.9. The van der Waals surface area contributed by atoms with E-state index in [-0.39, 0.29) is 5.78 Å². The zero-order valence-electron chi connectivity index (χ0n) is 9.34. The predicted molar refractivity (Wildman–Crippen MR) is 63.6 cm³/mol. The molecule has 2 rings (SSSR count). The van der Waals surface area contributed by atoms with Crippen LogP contribution >= 0.6 is 0 Å². The number of carbonyl (C=O) groups excluding carboxylic acids is 1. The fourth-order valence-corrected chi connectivity index (χ4v) is 1.55. The lowest BCUT2D eigenvalue weighted by Gasteiger charge is -2.01. The molecule has 0 radical (unpaired) electrons. The number of benzene rings is 1. The average Bonchev–Trinajstić information content (AvgIpc) is 2.38. The standard InChI is InChI=1S/C14H10N2O/c1-10-4-2-7-13(16-10)14(17)12-6-3-5-11(8-12)9-15/h2-8H,1H3. The third-order valence-corrected chi connectivity index (χ3v) is 2.37. The minimum atomic E-state index is -0.161. The van der Waals surface area contributed by atoms with Crippen LogP contribution in [0.5, 0.6) is 0 Å². The van der Waals surface area contributed by atoms with E-state index in [4.69, 9.17) is 5.26 Å². The molecule has 17 heavy (non-hydrogen) atoms. The molecule has 0 amide bonds. The number of pyridine rings is 1. The summed E-state index contributed by atoms with van der Waals surface area (Å²) in [5.74, 6) is -0.161. The van der Waals surface area contributed by atoms with Crippen LogP contribution in [-0.2, 0) is 0 Å². The molecule has 0 aliphatic rings. The van der Waals surface area contributed by atoms with E-state index in [1.807, 2.05) is 19.1 Å². The van der Waals surface area contributed by atoms with E-state index < -0.39 is 0 Å². The van der Waals surface area contributed by atoms with Crippen molar-refractivity contribution in [3.05, 3.63) is 65.0 Å². The quantitative estimate of drug-likeness (QED) is 0.733. The van der Waals surface area contributed by atoms with Crippen molar-refractivity contribution in [3.8, 4) is 6.07 Å². The molecule has 1 aromatic heterocycles. The Hall–Kier alpha value is -2.47. The van der Waals surface area contributed by atoms with Gasteiger partial charge in [0.15, 0.2) is 0 Å². The number of ketones is 1. The summed E-state index contributed by atoms with van der Waals surface area (Å²) >= 11 is 0. The second-order valence-corrected chi connectivity index (χ2v) is 3.69. The zero-order valence-corrected chi connectivity index (χ0v) is 9.34. The molecule has 0 N–H and O–H groups in total. The van der Waals surface area contributed by atoms with Crippen molar-refractivity contribution in [3.63, 3.8) is 0 Å². The van der Waals surface area contributed by atoms with Crippen LogP contribution in [0.1, 0.15) is 27.3 Å². The first-order valence-electron chi connectivity index (χ1n) is 5.19. The highest BCUT2D eigenvalue weighted by Gasteiger charge is 2.10. The smallest absolute Gasteiger partial charge is 0.211 e. The molecule has 0 saturated heterocycles. The monoisotopic (exact) mass is 222 g/mol. The van der Waals surface area contributed by atoms with E-state index >= 15 is 0 Å². The number of nitriles is 1. The first-order chi connectivity index (χ1) is 8.20. The third kappa shape index (κ3) is 2.37. The second kappa shape index (κ2) is 4.58. The molecule has 0 bridgehead atoms. The maximum atomic E-state index is 12.1. The molecule has 1 heterocycles. The molecular formula is C14H10N2O. The molecule has 3 heteroatoms. The summed E-state index contributed by atoms with van der Waals surface area (Å²) in [4.78, 5) is 16.3. The van der Waals surface area contributed by atoms with Gasteiger partial charge in [0.05, 0.1) is 11.6 Å². The topological polar surface area (TPSA) is 53.8 Å². The Morgan fingerprint density at radius 1 is 1.24 bits per heavy atom. The van der Waals surface area contributed by atoms with Gasteiger partial charge in [-0.05, 0) is 31.2 Å². The summed E-state index contributed by atoms with van der Waals surface area (Å²) in [5.41, 5.74) is 2.16. The van der Waals surface area contributed by atoms with Gasteiger partial charge >= 0.3 is 0 Å². The van der Waals surface area contributed by atoms with E-state index in [1.165, 1.54) is 0 Å². The van der Waals surface area contributed by atoms with Crippen molar-refractivity contribution < 1.29 is 4.79 Å². The van der Waals surface area contributed by atoms with Crippen molar-refractivity contribution in [2.24, 2.45) is 0 Å². The maximum Gasteiger partial charge on any atom is 0.211 e. The Morgan fingerprint density at radius 2 is 2.00 bits per heavy atom. The molecule has 1 aromatic carbocycles. The highest BCUT2D eigenvalue weighted by molar-refractivity contribution is 6.07. The van der Waals surface area contributed by atoms with E-state index in [0.29, 0.717) is 16.8 Å². The van der Waals surface area contributed by atoms with Crippen molar-refractivity contribution in [2.75, 3.05) is 0 Å². The number of carbonyl (C=O) groups is 1. The normalized spacial score (nSPS) is 9.65. The molecule has 0 spiro atoms. The Balaban J connectivity index is 2.41. The average molecular weight is 222 g/mol. The van der Waals surface area contributed by atoms with Gasteiger partial charge in [-0.3, -0.25) is 4.79 Å². The lowest BCUT2D eigenvalue weighted by atomic mass is 10.1. The van der Waals surface area contributed by atoms with Crippen LogP contribution in [-0.4, -0.2) is 10.8 Å². The first-order valence-corrected chi connectivity index (χ1v) is 5.19. The van der Waals surface area contributed by atoms with E-state index in [1.54, 1.807) is 36.4 Å². The largest absolute Gasteiger partial charge is 0.287 e. The van der Waals surface area contributed by atoms with Crippen LogP contribution in [0, 0.1) is 18.3 Å². The third-order valence-electron chi connectivity index (χ3n) is 2.37. The van der Waals surface area contributed by atoms with Gasteiger partial charge in [-0.25, -0.2) is 4.98 Å². The minimum absolute atomic E-state index is 0.161. The fraction of sp³-hybridized carbons (Fsp3) is 0.0714.